The number of para-hydroxylation sites is 1. The highest BCUT2D eigenvalue weighted by Gasteiger charge is 2.30. The predicted octanol–water partition coefficient (Wildman–Crippen LogP) is -0.569. The molecule has 0 fully saturated rings. The van der Waals surface area contributed by atoms with Crippen LogP contribution in [0.2, 0.25) is 0 Å². The zero-order valence-electron chi connectivity index (χ0n) is 16.9. The van der Waals surface area contributed by atoms with Gasteiger partial charge in [0.2, 0.25) is 11.8 Å². The maximum Gasteiger partial charge on any atom is 0.326 e. The molecule has 0 aliphatic heterocycles. The van der Waals surface area contributed by atoms with Gasteiger partial charge in [-0.2, -0.15) is 0 Å². The summed E-state index contributed by atoms with van der Waals surface area (Å²) in [6.07, 6.45) is 0.0985. The van der Waals surface area contributed by atoms with Crippen LogP contribution in [-0.4, -0.2) is 68.2 Å². The van der Waals surface area contributed by atoms with E-state index in [2.05, 4.69) is 15.6 Å². The number of nitrogens with one attached hydrogen (secondary N) is 3. The van der Waals surface area contributed by atoms with Crippen LogP contribution in [0.25, 0.3) is 10.9 Å². The normalized spacial score (nSPS) is 13.7. The SMILES string of the molecule is N[C@@H](CCC(=O)O)C(=O)N[C@@H](CC(=O)O)C(=O)N[C@@H](Cc1c[nH]c2ccccc12)C(=O)O. The fraction of sp³-hybridized carbons (Fsp3) is 0.350. The lowest BCUT2D eigenvalue weighted by Gasteiger charge is -2.21. The molecule has 32 heavy (non-hydrogen) atoms. The summed E-state index contributed by atoms with van der Waals surface area (Å²) in [5.74, 6) is -5.86. The molecule has 2 amide bonds. The molecule has 8 N–H and O–H groups in total. The second-order valence-electron chi connectivity index (χ2n) is 7.16. The van der Waals surface area contributed by atoms with E-state index in [0.717, 1.165) is 10.9 Å². The van der Waals surface area contributed by atoms with Gasteiger partial charge < -0.3 is 36.7 Å². The molecule has 0 aliphatic carbocycles. The lowest BCUT2D eigenvalue weighted by molar-refractivity contribution is -0.143. The van der Waals surface area contributed by atoms with E-state index in [-0.39, 0.29) is 12.8 Å². The monoisotopic (exact) mass is 448 g/mol. The first-order chi connectivity index (χ1) is 15.1. The predicted molar refractivity (Wildman–Crippen MR) is 111 cm³/mol. The minimum atomic E-state index is -1.60. The summed E-state index contributed by atoms with van der Waals surface area (Å²) in [6.45, 7) is 0. The third-order valence-electron chi connectivity index (χ3n) is 4.73. The van der Waals surface area contributed by atoms with Crippen molar-refractivity contribution in [3.05, 3.63) is 36.0 Å². The molecule has 0 saturated carbocycles. The van der Waals surface area contributed by atoms with Crippen LogP contribution in [0.1, 0.15) is 24.8 Å². The number of aromatic amines is 1. The third-order valence-corrected chi connectivity index (χ3v) is 4.73. The zero-order valence-corrected chi connectivity index (χ0v) is 16.9. The van der Waals surface area contributed by atoms with Gasteiger partial charge in [0.05, 0.1) is 12.5 Å². The molecule has 172 valence electrons. The van der Waals surface area contributed by atoms with Crippen molar-refractivity contribution in [1.82, 2.24) is 15.6 Å². The minimum absolute atomic E-state index is 0.0864. The van der Waals surface area contributed by atoms with Crippen molar-refractivity contribution in [2.24, 2.45) is 5.73 Å². The molecule has 1 heterocycles. The van der Waals surface area contributed by atoms with Crippen molar-refractivity contribution < 1.29 is 39.3 Å². The molecule has 12 heteroatoms. The van der Waals surface area contributed by atoms with Crippen LogP contribution in [-0.2, 0) is 30.4 Å². The van der Waals surface area contributed by atoms with E-state index in [1.807, 2.05) is 0 Å². The number of aliphatic carboxylic acids is 3. The van der Waals surface area contributed by atoms with E-state index in [0.29, 0.717) is 5.56 Å². The molecule has 0 bridgehead atoms. The lowest BCUT2D eigenvalue weighted by Crippen LogP contribution is -2.55. The number of fused-ring (bicyclic) bond motifs is 1. The van der Waals surface area contributed by atoms with Crippen LogP contribution in [0.4, 0.5) is 0 Å². The summed E-state index contributed by atoms with van der Waals surface area (Å²) in [6, 6.07) is 2.90. The highest BCUT2D eigenvalue weighted by molar-refractivity contribution is 5.94. The van der Waals surface area contributed by atoms with Crippen molar-refractivity contribution in [2.75, 3.05) is 0 Å². The van der Waals surface area contributed by atoms with E-state index >= 15 is 0 Å². The van der Waals surface area contributed by atoms with E-state index < -0.39 is 60.7 Å². The first kappa shape index (κ1) is 24.3. The van der Waals surface area contributed by atoms with Gasteiger partial charge in [0, 0.05) is 29.9 Å². The van der Waals surface area contributed by atoms with Gasteiger partial charge in [0.15, 0.2) is 0 Å². The maximum absolute atomic E-state index is 12.6. The Hall–Kier alpha value is -3.93. The van der Waals surface area contributed by atoms with Gasteiger partial charge in [-0.05, 0) is 18.1 Å². The maximum atomic E-state index is 12.6. The number of carboxylic acid groups (broad SMARTS) is 3. The number of amides is 2. The number of carboxylic acids is 3. The number of carbonyl (C=O) groups excluding carboxylic acids is 2. The molecule has 0 unspecified atom stereocenters. The first-order valence-corrected chi connectivity index (χ1v) is 9.66. The number of hydrogen-bond donors (Lipinski definition) is 7. The standard InChI is InChI=1S/C20H24N4O8/c21-12(5-6-16(25)26)18(29)23-14(8-17(27)28)19(30)24-15(20(31)32)7-10-9-22-13-4-2-1-3-11(10)13/h1-4,9,12,14-15,22H,5-8,21H2,(H,23,29)(H,24,30)(H,25,26)(H,27,28)(H,31,32)/t12-,14-,15-/m0/s1. The van der Waals surface area contributed by atoms with Crippen molar-refractivity contribution in [1.29, 1.82) is 0 Å². The Balaban J connectivity index is 2.11. The van der Waals surface area contributed by atoms with Gasteiger partial charge in [-0.25, -0.2) is 4.79 Å². The van der Waals surface area contributed by atoms with E-state index in [9.17, 15) is 29.1 Å². The summed E-state index contributed by atoms with van der Waals surface area (Å²) in [5, 5.41) is 32.5. The van der Waals surface area contributed by atoms with Crippen LogP contribution in [0, 0.1) is 0 Å². The van der Waals surface area contributed by atoms with E-state index in [1.54, 1.807) is 30.5 Å². The summed E-state index contributed by atoms with van der Waals surface area (Å²) < 4.78 is 0. The van der Waals surface area contributed by atoms with Crippen molar-refractivity contribution in [3.8, 4) is 0 Å². The first-order valence-electron chi connectivity index (χ1n) is 9.66. The molecular formula is C20H24N4O8. The van der Waals surface area contributed by atoms with Crippen LogP contribution in [0.5, 0.6) is 0 Å². The highest BCUT2D eigenvalue weighted by Crippen LogP contribution is 2.19. The molecule has 0 radical (unpaired) electrons. The number of benzene rings is 1. The fourth-order valence-electron chi connectivity index (χ4n) is 3.07. The molecule has 12 nitrogen and oxygen atoms in total. The number of carbonyl (C=O) groups is 5. The molecule has 0 spiro atoms. The Morgan fingerprint density at radius 2 is 1.59 bits per heavy atom. The van der Waals surface area contributed by atoms with Gasteiger partial charge in [0.25, 0.3) is 0 Å². The molecule has 2 aromatic rings. The molecule has 3 atom stereocenters. The second kappa shape index (κ2) is 10.9. The Morgan fingerprint density at radius 1 is 0.938 bits per heavy atom. The largest absolute Gasteiger partial charge is 0.481 e. The van der Waals surface area contributed by atoms with Crippen LogP contribution < -0.4 is 16.4 Å². The van der Waals surface area contributed by atoms with Crippen LogP contribution in [0.3, 0.4) is 0 Å². The van der Waals surface area contributed by atoms with Gasteiger partial charge in [-0.3, -0.25) is 19.2 Å². The Morgan fingerprint density at radius 3 is 2.22 bits per heavy atom. The van der Waals surface area contributed by atoms with Gasteiger partial charge in [-0.1, -0.05) is 18.2 Å². The lowest BCUT2D eigenvalue weighted by atomic mass is 10.0. The summed E-state index contributed by atoms with van der Waals surface area (Å²) in [5.41, 5.74) is 6.99. The van der Waals surface area contributed by atoms with Gasteiger partial charge in [-0.15, -0.1) is 0 Å². The Bertz CT molecular complexity index is 1020. The Kier molecular flexibility index (Phi) is 8.30. The number of hydrogen-bond acceptors (Lipinski definition) is 6. The van der Waals surface area contributed by atoms with Crippen LogP contribution >= 0.6 is 0 Å². The Labute approximate surface area is 181 Å². The van der Waals surface area contributed by atoms with Crippen molar-refractivity contribution in [3.63, 3.8) is 0 Å². The molecule has 1 aromatic heterocycles. The molecule has 2 rings (SSSR count). The smallest absolute Gasteiger partial charge is 0.326 e. The molecule has 0 saturated heterocycles. The number of aromatic nitrogens is 1. The summed E-state index contributed by atoms with van der Waals surface area (Å²) in [7, 11) is 0. The van der Waals surface area contributed by atoms with E-state index in [1.165, 1.54) is 0 Å². The average molecular weight is 448 g/mol. The number of H-pyrrole nitrogens is 1. The van der Waals surface area contributed by atoms with Crippen LogP contribution in [0.15, 0.2) is 30.5 Å². The molecule has 0 aliphatic rings. The summed E-state index contributed by atoms with van der Waals surface area (Å²) in [4.78, 5) is 61.2. The molecule has 1 aromatic carbocycles. The molecular weight excluding hydrogens is 424 g/mol. The quantitative estimate of drug-likeness (QED) is 0.221. The highest BCUT2D eigenvalue weighted by atomic mass is 16.4. The third kappa shape index (κ3) is 6.80. The van der Waals surface area contributed by atoms with Crippen molar-refractivity contribution in [2.45, 2.75) is 43.8 Å². The topological polar surface area (TPSA) is 212 Å². The van der Waals surface area contributed by atoms with Gasteiger partial charge >= 0.3 is 17.9 Å². The zero-order chi connectivity index (χ0) is 23.8. The van der Waals surface area contributed by atoms with Gasteiger partial charge in [0.1, 0.15) is 12.1 Å². The van der Waals surface area contributed by atoms with E-state index in [4.69, 9.17) is 15.9 Å². The summed E-state index contributed by atoms with van der Waals surface area (Å²) >= 11 is 0. The average Bonchev–Trinajstić information content (AvgIpc) is 3.13. The number of rotatable bonds is 12. The fourth-order valence-corrected chi connectivity index (χ4v) is 3.07. The number of nitrogens with two attached hydrogens (primary N) is 1. The minimum Gasteiger partial charge on any atom is -0.481 e. The van der Waals surface area contributed by atoms with Crippen molar-refractivity contribution >= 4 is 40.6 Å². The second-order valence-corrected chi connectivity index (χ2v) is 7.16.